The van der Waals surface area contributed by atoms with Crippen LogP contribution in [0.3, 0.4) is 0 Å². The maximum absolute atomic E-state index is 5.74. The summed E-state index contributed by atoms with van der Waals surface area (Å²) in [6.45, 7) is 5.36. The normalized spacial score (nSPS) is 25.0. The number of fused-ring (bicyclic) bond motifs is 1. The van der Waals surface area contributed by atoms with E-state index in [0.717, 1.165) is 39.2 Å². The molecule has 0 aromatic heterocycles. The highest BCUT2D eigenvalue weighted by Crippen LogP contribution is 2.19. The van der Waals surface area contributed by atoms with Crippen LogP contribution in [0, 0.1) is 0 Å². The van der Waals surface area contributed by atoms with Gasteiger partial charge < -0.3 is 10.1 Å². The highest BCUT2D eigenvalue weighted by atomic mass is 16.5. The SMILES string of the molecule is c1ccc2c(c1)CCN(CC1CCCO1)CCN2. The first-order chi connectivity index (χ1) is 8.92. The van der Waals surface area contributed by atoms with Gasteiger partial charge >= 0.3 is 0 Å². The third kappa shape index (κ3) is 2.85. The first-order valence-corrected chi connectivity index (χ1v) is 7.07. The monoisotopic (exact) mass is 246 g/mol. The van der Waals surface area contributed by atoms with E-state index in [1.54, 1.807) is 0 Å². The van der Waals surface area contributed by atoms with Crippen molar-refractivity contribution >= 4 is 5.69 Å². The van der Waals surface area contributed by atoms with Gasteiger partial charge in [-0.1, -0.05) is 18.2 Å². The van der Waals surface area contributed by atoms with Crippen molar-refractivity contribution < 1.29 is 4.74 Å². The standard InChI is InChI=1S/C15H22N2O/c1-2-6-15-13(4-1)7-9-17(10-8-16-15)12-14-5-3-11-18-14/h1-2,4,6,14,16H,3,5,7-12H2. The van der Waals surface area contributed by atoms with Crippen molar-refractivity contribution in [2.75, 3.05) is 38.1 Å². The van der Waals surface area contributed by atoms with Crippen molar-refractivity contribution in [3.8, 4) is 0 Å². The van der Waals surface area contributed by atoms with Crippen molar-refractivity contribution in [3.63, 3.8) is 0 Å². The molecular formula is C15H22N2O. The number of anilines is 1. The van der Waals surface area contributed by atoms with E-state index < -0.39 is 0 Å². The number of hydrogen-bond acceptors (Lipinski definition) is 3. The Kier molecular flexibility index (Phi) is 3.81. The summed E-state index contributed by atoms with van der Waals surface area (Å²) in [4.78, 5) is 2.54. The molecule has 0 amide bonds. The second-order valence-corrected chi connectivity index (χ2v) is 5.27. The topological polar surface area (TPSA) is 24.5 Å². The fourth-order valence-electron chi connectivity index (χ4n) is 2.91. The minimum atomic E-state index is 0.472. The molecule has 2 heterocycles. The Morgan fingerprint density at radius 1 is 1.28 bits per heavy atom. The van der Waals surface area contributed by atoms with Crippen molar-refractivity contribution in [2.24, 2.45) is 0 Å². The quantitative estimate of drug-likeness (QED) is 0.865. The lowest BCUT2D eigenvalue weighted by atomic mass is 10.1. The molecule has 0 bridgehead atoms. The molecule has 0 saturated carbocycles. The molecule has 0 aliphatic carbocycles. The molecule has 98 valence electrons. The van der Waals surface area contributed by atoms with Crippen molar-refractivity contribution in [2.45, 2.75) is 25.4 Å². The highest BCUT2D eigenvalue weighted by molar-refractivity contribution is 5.51. The first-order valence-electron chi connectivity index (χ1n) is 7.07. The molecule has 0 spiro atoms. The van der Waals surface area contributed by atoms with Gasteiger partial charge in [0, 0.05) is 38.5 Å². The van der Waals surface area contributed by atoms with Gasteiger partial charge in [-0.3, -0.25) is 4.90 Å². The number of ether oxygens (including phenoxy) is 1. The zero-order valence-electron chi connectivity index (χ0n) is 10.9. The van der Waals surface area contributed by atoms with E-state index >= 15 is 0 Å². The minimum Gasteiger partial charge on any atom is -0.384 e. The fourth-order valence-corrected chi connectivity index (χ4v) is 2.91. The Bertz CT molecular complexity index is 388. The van der Waals surface area contributed by atoms with Crippen molar-refractivity contribution in [1.29, 1.82) is 0 Å². The van der Waals surface area contributed by atoms with E-state index in [9.17, 15) is 0 Å². The number of para-hydroxylation sites is 1. The van der Waals surface area contributed by atoms with Crippen LogP contribution in [0.5, 0.6) is 0 Å². The van der Waals surface area contributed by atoms with E-state index in [4.69, 9.17) is 4.74 Å². The number of rotatable bonds is 2. The molecule has 3 rings (SSSR count). The molecule has 1 fully saturated rings. The van der Waals surface area contributed by atoms with Crippen LogP contribution in [0.25, 0.3) is 0 Å². The second-order valence-electron chi connectivity index (χ2n) is 5.27. The van der Waals surface area contributed by atoms with Gasteiger partial charge in [0.05, 0.1) is 6.10 Å². The van der Waals surface area contributed by atoms with Gasteiger partial charge in [-0.25, -0.2) is 0 Å². The van der Waals surface area contributed by atoms with Gasteiger partial charge in [0.2, 0.25) is 0 Å². The van der Waals surface area contributed by atoms with Gasteiger partial charge in [-0.15, -0.1) is 0 Å². The lowest BCUT2D eigenvalue weighted by Gasteiger charge is -2.28. The van der Waals surface area contributed by atoms with Gasteiger partial charge in [-0.2, -0.15) is 0 Å². The Labute approximate surface area is 109 Å². The fraction of sp³-hybridized carbons (Fsp3) is 0.600. The average Bonchev–Trinajstić information content (AvgIpc) is 2.86. The molecule has 2 aliphatic rings. The Balaban J connectivity index is 1.60. The molecule has 1 aromatic carbocycles. The van der Waals surface area contributed by atoms with Crippen LogP contribution in [-0.2, 0) is 11.2 Å². The predicted octanol–water partition coefficient (Wildman–Crippen LogP) is 2.14. The largest absolute Gasteiger partial charge is 0.384 e. The van der Waals surface area contributed by atoms with Gasteiger partial charge in [-0.05, 0) is 30.9 Å². The predicted molar refractivity (Wildman–Crippen MR) is 74.0 cm³/mol. The van der Waals surface area contributed by atoms with Crippen LogP contribution in [0.1, 0.15) is 18.4 Å². The molecule has 2 aliphatic heterocycles. The average molecular weight is 246 g/mol. The molecule has 18 heavy (non-hydrogen) atoms. The zero-order valence-corrected chi connectivity index (χ0v) is 10.9. The summed E-state index contributed by atoms with van der Waals surface area (Å²) in [5.41, 5.74) is 2.75. The van der Waals surface area contributed by atoms with Crippen molar-refractivity contribution in [3.05, 3.63) is 29.8 Å². The molecule has 3 heteroatoms. The molecule has 1 N–H and O–H groups in total. The number of benzene rings is 1. The smallest absolute Gasteiger partial charge is 0.0702 e. The van der Waals surface area contributed by atoms with Crippen LogP contribution in [0.2, 0.25) is 0 Å². The zero-order chi connectivity index (χ0) is 12.2. The van der Waals surface area contributed by atoms with E-state index in [0.29, 0.717) is 6.10 Å². The number of nitrogens with zero attached hydrogens (tertiary/aromatic N) is 1. The van der Waals surface area contributed by atoms with Gasteiger partial charge in [0.15, 0.2) is 0 Å². The summed E-state index contributed by atoms with van der Waals surface area (Å²) in [7, 11) is 0. The van der Waals surface area contributed by atoms with Crippen LogP contribution in [0.4, 0.5) is 5.69 Å². The maximum atomic E-state index is 5.74. The summed E-state index contributed by atoms with van der Waals surface area (Å²) < 4.78 is 5.74. The molecular weight excluding hydrogens is 224 g/mol. The molecule has 0 radical (unpaired) electrons. The molecule has 1 unspecified atom stereocenters. The van der Waals surface area contributed by atoms with Crippen LogP contribution in [0.15, 0.2) is 24.3 Å². The number of nitrogens with one attached hydrogen (secondary N) is 1. The summed E-state index contributed by atoms with van der Waals surface area (Å²) in [6, 6.07) is 8.66. The minimum absolute atomic E-state index is 0.472. The summed E-state index contributed by atoms with van der Waals surface area (Å²) in [5.74, 6) is 0. The van der Waals surface area contributed by atoms with E-state index in [2.05, 4.69) is 34.5 Å². The van der Waals surface area contributed by atoms with E-state index in [-0.39, 0.29) is 0 Å². The number of hydrogen-bond donors (Lipinski definition) is 1. The van der Waals surface area contributed by atoms with Crippen molar-refractivity contribution in [1.82, 2.24) is 4.90 Å². The Morgan fingerprint density at radius 2 is 2.22 bits per heavy atom. The second kappa shape index (κ2) is 5.72. The summed E-state index contributed by atoms with van der Waals surface area (Å²) in [6.07, 6.45) is 4.08. The van der Waals surface area contributed by atoms with Crippen LogP contribution in [-0.4, -0.2) is 43.8 Å². The van der Waals surface area contributed by atoms with Gasteiger partial charge in [0.25, 0.3) is 0 Å². The molecule has 1 aromatic rings. The van der Waals surface area contributed by atoms with Crippen LogP contribution < -0.4 is 5.32 Å². The Hall–Kier alpha value is -1.06. The highest BCUT2D eigenvalue weighted by Gasteiger charge is 2.20. The maximum Gasteiger partial charge on any atom is 0.0702 e. The van der Waals surface area contributed by atoms with E-state index in [1.807, 2.05) is 0 Å². The molecule has 3 nitrogen and oxygen atoms in total. The third-order valence-corrected chi connectivity index (χ3v) is 3.94. The summed E-state index contributed by atoms with van der Waals surface area (Å²) in [5, 5.41) is 3.54. The third-order valence-electron chi connectivity index (χ3n) is 3.94. The van der Waals surface area contributed by atoms with Crippen LogP contribution >= 0.6 is 0 Å². The van der Waals surface area contributed by atoms with E-state index in [1.165, 1.54) is 24.1 Å². The Morgan fingerprint density at radius 3 is 3.11 bits per heavy atom. The lowest BCUT2D eigenvalue weighted by molar-refractivity contribution is 0.0745. The summed E-state index contributed by atoms with van der Waals surface area (Å²) >= 11 is 0. The molecule has 1 saturated heterocycles. The van der Waals surface area contributed by atoms with Gasteiger partial charge in [0.1, 0.15) is 0 Å². The molecule has 1 atom stereocenters. The lowest BCUT2D eigenvalue weighted by Crippen LogP contribution is -2.38. The first kappa shape index (κ1) is 12.0.